The number of rotatable bonds is 6. The van der Waals surface area contributed by atoms with E-state index in [1.807, 2.05) is 11.6 Å². The van der Waals surface area contributed by atoms with Gasteiger partial charge in [-0.1, -0.05) is 44.9 Å². The summed E-state index contributed by atoms with van der Waals surface area (Å²) in [5, 5.41) is 1.27. The fourth-order valence-electron chi connectivity index (χ4n) is 3.19. The Hall–Kier alpha value is -1.57. The van der Waals surface area contributed by atoms with Gasteiger partial charge in [-0.25, -0.2) is 0 Å². The third-order valence-corrected chi connectivity index (χ3v) is 4.39. The molecule has 0 saturated carbocycles. The zero-order chi connectivity index (χ0) is 15.4. The summed E-state index contributed by atoms with van der Waals surface area (Å²) in [6, 6.07) is 6.39. The highest BCUT2D eigenvalue weighted by Gasteiger charge is 2.15. The van der Waals surface area contributed by atoms with E-state index in [2.05, 4.69) is 39.0 Å². The van der Waals surface area contributed by atoms with E-state index in [9.17, 15) is 4.79 Å². The SMILES string of the molecule is CCCCc1c(CCCC)c2cccc(C)c2n(C)c1=O. The van der Waals surface area contributed by atoms with E-state index in [0.29, 0.717) is 0 Å². The summed E-state index contributed by atoms with van der Waals surface area (Å²) in [4.78, 5) is 12.8. The first-order valence-corrected chi connectivity index (χ1v) is 8.21. The first-order valence-electron chi connectivity index (χ1n) is 8.21. The number of pyridine rings is 1. The van der Waals surface area contributed by atoms with Gasteiger partial charge in [-0.3, -0.25) is 4.79 Å². The van der Waals surface area contributed by atoms with Gasteiger partial charge in [-0.05, 0) is 43.7 Å². The standard InChI is InChI=1S/C19H27NO/c1-5-7-11-15-16-13-9-10-14(3)18(16)20(4)19(21)17(15)12-8-6-2/h9-10,13H,5-8,11-12H2,1-4H3. The largest absolute Gasteiger partial charge is 0.311 e. The van der Waals surface area contributed by atoms with E-state index >= 15 is 0 Å². The number of aryl methyl sites for hydroxylation is 3. The van der Waals surface area contributed by atoms with Crippen molar-refractivity contribution < 1.29 is 0 Å². The van der Waals surface area contributed by atoms with Crippen LogP contribution in [0.15, 0.2) is 23.0 Å². The number of aromatic nitrogens is 1. The van der Waals surface area contributed by atoms with Gasteiger partial charge in [-0.15, -0.1) is 0 Å². The summed E-state index contributed by atoms with van der Waals surface area (Å²) in [6.45, 7) is 6.48. The van der Waals surface area contributed by atoms with Crippen LogP contribution < -0.4 is 5.56 Å². The Morgan fingerprint density at radius 3 is 2.24 bits per heavy atom. The van der Waals surface area contributed by atoms with Gasteiger partial charge < -0.3 is 4.57 Å². The van der Waals surface area contributed by atoms with Gasteiger partial charge in [-0.2, -0.15) is 0 Å². The average Bonchev–Trinajstić information content (AvgIpc) is 2.48. The average molecular weight is 285 g/mol. The van der Waals surface area contributed by atoms with Crippen LogP contribution in [0.5, 0.6) is 0 Å². The molecule has 0 aliphatic heterocycles. The molecule has 0 radical (unpaired) electrons. The molecule has 1 aromatic heterocycles. The summed E-state index contributed by atoms with van der Waals surface area (Å²) in [7, 11) is 1.91. The Morgan fingerprint density at radius 1 is 1.00 bits per heavy atom. The molecule has 21 heavy (non-hydrogen) atoms. The van der Waals surface area contributed by atoms with Crippen molar-refractivity contribution >= 4 is 10.9 Å². The quantitative estimate of drug-likeness (QED) is 0.764. The summed E-state index contributed by atoms with van der Waals surface area (Å²) in [5.41, 5.74) is 4.84. The Labute approximate surface area is 127 Å². The second-order valence-electron chi connectivity index (χ2n) is 6.00. The van der Waals surface area contributed by atoms with Crippen molar-refractivity contribution in [2.45, 2.75) is 59.3 Å². The van der Waals surface area contributed by atoms with E-state index in [1.54, 1.807) is 0 Å². The highest BCUT2D eigenvalue weighted by molar-refractivity contribution is 5.86. The third-order valence-electron chi connectivity index (χ3n) is 4.39. The summed E-state index contributed by atoms with van der Waals surface area (Å²) < 4.78 is 1.85. The van der Waals surface area contributed by atoms with Crippen LogP contribution in [0.4, 0.5) is 0 Å². The van der Waals surface area contributed by atoms with Crippen LogP contribution in [-0.4, -0.2) is 4.57 Å². The van der Waals surface area contributed by atoms with Crippen molar-refractivity contribution in [1.82, 2.24) is 4.57 Å². The second kappa shape index (κ2) is 6.93. The maximum atomic E-state index is 12.8. The van der Waals surface area contributed by atoms with E-state index in [-0.39, 0.29) is 5.56 Å². The van der Waals surface area contributed by atoms with E-state index in [1.165, 1.54) is 16.5 Å². The summed E-state index contributed by atoms with van der Waals surface area (Å²) in [5.74, 6) is 0. The molecular formula is C19H27NO. The molecule has 0 N–H and O–H groups in total. The molecule has 0 atom stereocenters. The van der Waals surface area contributed by atoms with Gasteiger partial charge >= 0.3 is 0 Å². The smallest absolute Gasteiger partial charge is 0.254 e. The minimum absolute atomic E-state index is 0.205. The number of hydrogen-bond acceptors (Lipinski definition) is 1. The molecule has 0 unspecified atom stereocenters. The van der Waals surface area contributed by atoms with Gasteiger partial charge in [0.15, 0.2) is 0 Å². The van der Waals surface area contributed by atoms with Crippen molar-refractivity contribution in [3.8, 4) is 0 Å². The Balaban J connectivity index is 2.74. The van der Waals surface area contributed by atoms with Crippen LogP contribution >= 0.6 is 0 Å². The predicted molar refractivity (Wildman–Crippen MR) is 91.2 cm³/mol. The van der Waals surface area contributed by atoms with Crippen LogP contribution in [-0.2, 0) is 19.9 Å². The Bertz CT molecular complexity index is 682. The first kappa shape index (κ1) is 15.8. The van der Waals surface area contributed by atoms with Crippen LogP contribution in [0.2, 0.25) is 0 Å². The molecule has 0 aliphatic carbocycles. The fourth-order valence-corrected chi connectivity index (χ4v) is 3.19. The van der Waals surface area contributed by atoms with E-state index in [0.717, 1.165) is 49.6 Å². The van der Waals surface area contributed by atoms with Gasteiger partial charge in [0.05, 0.1) is 5.52 Å². The van der Waals surface area contributed by atoms with Gasteiger partial charge in [0.1, 0.15) is 0 Å². The highest BCUT2D eigenvalue weighted by atomic mass is 16.1. The van der Waals surface area contributed by atoms with Crippen LogP contribution in [0.1, 0.15) is 56.2 Å². The minimum Gasteiger partial charge on any atom is -0.311 e. The molecule has 2 aromatic rings. The molecular weight excluding hydrogens is 258 g/mol. The van der Waals surface area contributed by atoms with Crippen LogP contribution in [0.3, 0.4) is 0 Å². The minimum atomic E-state index is 0.205. The molecule has 1 heterocycles. The molecule has 0 saturated heterocycles. The predicted octanol–water partition coefficient (Wildman–Crippen LogP) is 4.53. The van der Waals surface area contributed by atoms with Crippen molar-refractivity contribution in [1.29, 1.82) is 0 Å². The number of unbranched alkanes of at least 4 members (excludes halogenated alkanes) is 2. The molecule has 2 rings (SSSR count). The monoisotopic (exact) mass is 285 g/mol. The van der Waals surface area contributed by atoms with Crippen LogP contribution in [0.25, 0.3) is 10.9 Å². The van der Waals surface area contributed by atoms with E-state index in [4.69, 9.17) is 0 Å². The molecule has 1 aromatic carbocycles. The van der Waals surface area contributed by atoms with E-state index < -0.39 is 0 Å². The molecule has 0 bridgehead atoms. The number of hydrogen-bond donors (Lipinski definition) is 0. The molecule has 0 fully saturated rings. The lowest BCUT2D eigenvalue weighted by Crippen LogP contribution is -2.24. The zero-order valence-corrected chi connectivity index (χ0v) is 13.8. The molecule has 2 nitrogen and oxygen atoms in total. The van der Waals surface area contributed by atoms with Crippen molar-refractivity contribution in [2.24, 2.45) is 7.05 Å². The number of para-hydroxylation sites is 1. The molecule has 0 amide bonds. The van der Waals surface area contributed by atoms with Crippen molar-refractivity contribution in [3.63, 3.8) is 0 Å². The number of nitrogens with zero attached hydrogens (tertiary/aromatic N) is 1. The lowest BCUT2D eigenvalue weighted by atomic mass is 9.94. The van der Waals surface area contributed by atoms with Gasteiger partial charge in [0.2, 0.25) is 0 Å². The molecule has 2 heteroatoms. The third kappa shape index (κ3) is 3.04. The Morgan fingerprint density at radius 2 is 1.62 bits per heavy atom. The number of fused-ring (bicyclic) bond motifs is 1. The fraction of sp³-hybridized carbons (Fsp3) is 0.526. The lowest BCUT2D eigenvalue weighted by Gasteiger charge is -2.17. The van der Waals surface area contributed by atoms with Gasteiger partial charge in [0, 0.05) is 18.0 Å². The topological polar surface area (TPSA) is 22.0 Å². The van der Waals surface area contributed by atoms with Gasteiger partial charge in [0.25, 0.3) is 5.56 Å². The highest BCUT2D eigenvalue weighted by Crippen LogP contribution is 2.25. The maximum Gasteiger partial charge on any atom is 0.254 e. The maximum absolute atomic E-state index is 12.8. The lowest BCUT2D eigenvalue weighted by molar-refractivity contribution is 0.740. The summed E-state index contributed by atoms with van der Waals surface area (Å²) in [6.07, 6.45) is 6.46. The first-order chi connectivity index (χ1) is 10.1. The number of benzene rings is 1. The van der Waals surface area contributed by atoms with Crippen molar-refractivity contribution in [2.75, 3.05) is 0 Å². The molecule has 0 aliphatic rings. The second-order valence-corrected chi connectivity index (χ2v) is 6.00. The molecule has 114 valence electrons. The Kier molecular flexibility index (Phi) is 5.22. The summed E-state index contributed by atoms with van der Waals surface area (Å²) >= 11 is 0. The molecule has 0 spiro atoms. The van der Waals surface area contributed by atoms with Crippen molar-refractivity contribution in [3.05, 3.63) is 45.2 Å². The van der Waals surface area contributed by atoms with Crippen LogP contribution in [0, 0.1) is 6.92 Å². The zero-order valence-electron chi connectivity index (χ0n) is 13.8. The normalized spacial score (nSPS) is 11.2.